The van der Waals surface area contributed by atoms with Gasteiger partial charge in [0.25, 0.3) is 0 Å². The molecule has 11 nitrogen and oxygen atoms in total. The number of hydrogen-bond donors (Lipinski definition) is 6. The molecular formula is C21H39N5O6S. The van der Waals surface area contributed by atoms with E-state index in [1.54, 1.807) is 13.8 Å². The number of rotatable bonds is 16. The predicted octanol–water partition coefficient (Wildman–Crippen LogP) is -0.427. The zero-order valence-corrected chi connectivity index (χ0v) is 20.9. The molecule has 4 amide bonds. The SMILES string of the molecule is CSCCC(NC(=O)C(CC(C)C)NC(=O)C(NC(=O)C(N)CCC(N)=O)C(C)C)C(=O)O. The quantitative estimate of drug-likeness (QED) is 0.168. The lowest BCUT2D eigenvalue weighted by atomic mass is 9.99. The Labute approximate surface area is 199 Å². The van der Waals surface area contributed by atoms with Gasteiger partial charge in [-0.3, -0.25) is 19.2 Å². The van der Waals surface area contributed by atoms with E-state index in [0.29, 0.717) is 5.75 Å². The van der Waals surface area contributed by atoms with Gasteiger partial charge < -0.3 is 32.5 Å². The average molecular weight is 490 g/mol. The summed E-state index contributed by atoms with van der Waals surface area (Å²) in [5, 5.41) is 17.1. The summed E-state index contributed by atoms with van der Waals surface area (Å²) in [6.07, 6.45) is 2.34. The van der Waals surface area contributed by atoms with Gasteiger partial charge in [0.2, 0.25) is 23.6 Å². The maximum Gasteiger partial charge on any atom is 0.326 e. The Morgan fingerprint density at radius 3 is 1.91 bits per heavy atom. The maximum absolute atomic E-state index is 13.0. The molecule has 0 aliphatic carbocycles. The van der Waals surface area contributed by atoms with Gasteiger partial charge in [-0.25, -0.2) is 4.79 Å². The van der Waals surface area contributed by atoms with E-state index >= 15 is 0 Å². The van der Waals surface area contributed by atoms with Crippen LogP contribution in [0, 0.1) is 11.8 Å². The number of carbonyl (C=O) groups excluding carboxylic acids is 4. The molecule has 0 heterocycles. The number of amides is 4. The summed E-state index contributed by atoms with van der Waals surface area (Å²) in [7, 11) is 0. The van der Waals surface area contributed by atoms with Crippen molar-refractivity contribution in [3.05, 3.63) is 0 Å². The standard InChI is InChI=1S/C21H39N5O6S/c1-11(2)10-15(19(29)24-14(21(31)32)8-9-33-5)25-20(30)17(12(3)4)26-18(28)13(22)6-7-16(23)27/h11-15,17H,6-10,22H2,1-5H3,(H2,23,27)(H,24,29)(H,25,30)(H,26,28)(H,31,32). The molecule has 0 saturated heterocycles. The molecule has 0 radical (unpaired) electrons. The average Bonchev–Trinajstić information content (AvgIpc) is 2.71. The minimum absolute atomic E-state index is 0.0323. The molecule has 0 aliphatic rings. The molecule has 0 aliphatic heterocycles. The van der Waals surface area contributed by atoms with E-state index in [-0.39, 0.29) is 37.5 Å². The van der Waals surface area contributed by atoms with Crippen molar-refractivity contribution in [3.8, 4) is 0 Å². The van der Waals surface area contributed by atoms with Crippen molar-refractivity contribution in [2.24, 2.45) is 23.3 Å². The minimum atomic E-state index is -1.15. The molecule has 0 bridgehead atoms. The van der Waals surface area contributed by atoms with E-state index < -0.39 is 53.8 Å². The fourth-order valence-electron chi connectivity index (χ4n) is 2.95. The maximum atomic E-state index is 13.0. The van der Waals surface area contributed by atoms with Crippen molar-refractivity contribution in [2.45, 2.75) is 77.5 Å². The smallest absolute Gasteiger partial charge is 0.326 e. The first-order chi connectivity index (χ1) is 15.3. The fraction of sp³-hybridized carbons (Fsp3) is 0.762. The number of nitrogens with one attached hydrogen (secondary N) is 3. The summed E-state index contributed by atoms with van der Waals surface area (Å²) in [6.45, 7) is 7.18. The Balaban J connectivity index is 5.36. The third-order valence-electron chi connectivity index (χ3n) is 4.85. The van der Waals surface area contributed by atoms with E-state index in [2.05, 4.69) is 16.0 Å². The monoisotopic (exact) mass is 489 g/mol. The summed E-state index contributed by atoms with van der Waals surface area (Å²) >= 11 is 1.46. The van der Waals surface area contributed by atoms with Crippen LogP contribution in [0.4, 0.5) is 0 Å². The number of carboxylic acids is 1. The highest BCUT2D eigenvalue weighted by molar-refractivity contribution is 7.98. The fourth-order valence-corrected chi connectivity index (χ4v) is 3.43. The molecular weight excluding hydrogens is 450 g/mol. The predicted molar refractivity (Wildman–Crippen MR) is 127 cm³/mol. The van der Waals surface area contributed by atoms with Crippen LogP contribution in [-0.4, -0.2) is 70.9 Å². The number of primary amides is 1. The van der Waals surface area contributed by atoms with E-state index in [1.807, 2.05) is 20.1 Å². The lowest BCUT2D eigenvalue weighted by molar-refractivity contribution is -0.142. The molecule has 0 aromatic heterocycles. The van der Waals surface area contributed by atoms with Gasteiger partial charge in [-0.2, -0.15) is 11.8 Å². The van der Waals surface area contributed by atoms with E-state index in [9.17, 15) is 29.1 Å². The van der Waals surface area contributed by atoms with Crippen LogP contribution in [-0.2, 0) is 24.0 Å². The third kappa shape index (κ3) is 12.5. The second-order valence-electron chi connectivity index (χ2n) is 8.71. The Morgan fingerprint density at radius 2 is 1.45 bits per heavy atom. The molecule has 190 valence electrons. The topological polar surface area (TPSA) is 194 Å². The Kier molecular flexibility index (Phi) is 14.4. The third-order valence-corrected chi connectivity index (χ3v) is 5.49. The lowest BCUT2D eigenvalue weighted by Gasteiger charge is -2.27. The van der Waals surface area contributed by atoms with Crippen molar-refractivity contribution in [2.75, 3.05) is 12.0 Å². The van der Waals surface area contributed by atoms with Crippen LogP contribution in [0.15, 0.2) is 0 Å². The van der Waals surface area contributed by atoms with Gasteiger partial charge in [0.15, 0.2) is 0 Å². The van der Waals surface area contributed by atoms with Crippen LogP contribution in [0.25, 0.3) is 0 Å². The van der Waals surface area contributed by atoms with Crippen LogP contribution in [0.2, 0.25) is 0 Å². The first kappa shape index (κ1) is 30.7. The van der Waals surface area contributed by atoms with Crippen LogP contribution < -0.4 is 27.4 Å². The van der Waals surface area contributed by atoms with Gasteiger partial charge in [-0.15, -0.1) is 0 Å². The number of aliphatic carboxylic acids is 1. The molecule has 0 aromatic carbocycles. The number of thioether (sulfide) groups is 1. The normalized spacial score (nSPS) is 14.8. The van der Waals surface area contributed by atoms with Crippen LogP contribution in [0.3, 0.4) is 0 Å². The highest BCUT2D eigenvalue weighted by atomic mass is 32.2. The highest BCUT2D eigenvalue weighted by Crippen LogP contribution is 2.10. The molecule has 8 N–H and O–H groups in total. The number of carbonyl (C=O) groups is 5. The summed E-state index contributed by atoms with van der Waals surface area (Å²) < 4.78 is 0. The highest BCUT2D eigenvalue weighted by Gasteiger charge is 2.32. The van der Waals surface area contributed by atoms with Crippen molar-refractivity contribution >= 4 is 41.4 Å². The van der Waals surface area contributed by atoms with Crippen LogP contribution >= 0.6 is 11.8 Å². The number of nitrogens with two attached hydrogens (primary N) is 2. The molecule has 0 aromatic rings. The van der Waals surface area contributed by atoms with Gasteiger partial charge >= 0.3 is 5.97 Å². The van der Waals surface area contributed by atoms with E-state index in [0.717, 1.165) is 0 Å². The number of carboxylic acid groups (broad SMARTS) is 1. The zero-order valence-electron chi connectivity index (χ0n) is 20.1. The van der Waals surface area contributed by atoms with Gasteiger partial charge in [0.05, 0.1) is 6.04 Å². The second kappa shape index (κ2) is 15.5. The van der Waals surface area contributed by atoms with Crippen molar-refractivity contribution in [3.63, 3.8) is 0 Å². The lowest BCUT2D eigenvalue weighted by Crippen LogP contribution is -2.58. The zero-order chi connectivity index (χ0) is 25.7. The van der Waals surface area contributed by atoms with Crippen molar-refractivity contribution in [1.82, 2.24) is 16.0 Å². The summed E-state index contributed by atoms with van der Waals surface area (Å²) in [5.74, 6) is -3.28. The summed E-state index contributed by atoms with van der Waals surface area (Å²) in [6, 6.07) is -4.05. The largest absolute Gasteiger partial charge is 0.480 e. The Hall–Kier alpha value is -2.34. The van der Waals surface area contributed by atoms with Crippen molar-refractivity contribution < 1.29 is 29.1 Å². The molecule has 4 atom stereocenters. The molecule has 4 unspecified atom stereocenters. The minimum Gasteiger partial charge on any atom is -0.480 e. The second-order valence-corrected chi connectivity index (χ2v) is 9.70. The first-order valence-corrected chi connectivity index (χ1v) is 12.4. The first-order valence-electron chi connectivity index (χ1n) is 11.0. The summed E-state index contributed by atoms with van der Waals surface area (Å²) in [4.78, 5) is 60.5. The molecule has 0 rings (SSSR count). The number of hydrogen-bond acceptors (Lipinski definition) is 7. The molecule has 33 heavy (non-hydrogen) atoms. The molecule has 0 fully saturated rings. The van der Waals surface area contributed by atoms with Gasteiger partial charge in [0, 0.05) is 6.42 Å². The van der Waals surface area contributed by atoms with Crippen LogP contribution in [0.1, 0.15) is 53.4 Å². The molecule has 0 spiro atoms. The molecule has 0 saturated carbocycles. The van der Waals surface area contributed by atoms with Gasteiger partial charge in [-0.05, 0) is 43.1 Å². The van der Waals surface area contributed by atoms with E-state index in [1.165, 1.54) is 11.8 Å². The van der Waals surface area contributed by atoms with Crippen LogP contribution in [0.5, 0.6) is 0 Å². The van der Waals surface area contributed by atoms with Crippen molar-refractivity contribution in [1.29, 1.82) is 0 Å². The molecule has 12 heteroatoms. The Morgan fingerprint density at radius 1 is 0.879 bits per heavy atom. The Bertz CT molecular complexity index is 688. The summed E-state index contributed by atoms with van der Waals surface area (Å²) in [5.41, 5.74) is 10.9. The van der Waals surface area contributed by atoms with E-state index in [4.69, 9.17) is 11.5 Å². The van der Waals surface area contributed by atoms with Gasteiger partial charge in [0.1, 0.15) is 18.1 Å². The van der Waals surface area contributed by atoms with Gasteiger partial charge in [-0.1, -0.05) is 27.7 Å².